The number of rotatable bonds is 1. The average molecular weight is 450 g/mol. The average Bonchev–Trinajstić information content (AvgIpc) is 2.96. The van der Waals surface area contributed by atoms with E-state index in [0.29, 0.717) is 18.7 Å². The number of hydrogen-bond acceptors (Lipinski definition) is 1. The van der Waals surface area contributed by atoms with Gasteiger partial charge in [0.1, 0.15) is 18.2 Å². The minimum atomic E-state index is -0.365. The first kappa shape index (κ1) is 18.2. The molecule has 1 fully saturated rings. The predicted octanol–water partition coefficient (Wildman–Crippen LogP) is -0.0432. The third kappa shape index (κ3) is 3.85. The van der Waals surface area contributed by atoms with Gasteiger partial charge >= 0.3 is 6.03 Å². The number of carbonyl (C=O) groups excluding carboxylic acids is 1. The molecule has 0 aliphatic carbocycles. The van der Waals surface area contributed by atoms with Crippen molar-refractivity contribution < 1.29 is 37.7 Å². The topological polar surface area (TPSA) is 29.1 Å². The molecule has 1 amide bonds. The van der Waals surface area contributed by atoms with E-state index in [2.05, 4.69) is 0 Å². The highest BCUT2D eigenvalue weighted by Crippen LogP contribution is 2.31. The zero-order chi connectivity index (χ0) is 15.7. The van der Waals surface area contributed by atoms with Gasteiger partial charge in [-0.05, 0) is 24.5 Å². The summed E-state index contributed by atoms with van der Waals surface area (Å²) in [5.74, 6) is -0.378. The number of carbonyl (C=O) groups is 1. The SMILES string of the molecule is C[n+]1ccn(C(=O)N2CCCC(c3cccc(Cl)c3F)C2)c1.[I-]. The van der Waals surface area contributed by atoms with E-state index in [0.717, 1.165) is 12.8 Å². The van der Waals surface area contributed by atoms with E-state index in [1.54, 1.807) is 40.2 Å². The van der Waals surface area contributed by atoms with Crippen LogP contribution < -0.4 is 28.5 Å². The molecular weight excluding hydrogens is 432 g/mol. The molecule has 1 aliphatic rings. The number of halogens is 3. The Hall–Kier alpha value is -1.15. The van der Waals surface area contributed by atoms with Gasteiger partial charge in [-0.3, -0.25) is 0 Å². The highest BCUT2D eigenvalue weighted by Gasteiger charge is 2.29. The van der Waals surface area contributed by atoms with Gasteiger partial charge in [-0.2, -0.15) is 4.57 Å². The maximum absolute atomic E-state index is 14.2. The van der Waals surface area contributed by atoms with Crippen LogP contribution in [0, 0.1) is 5.82 Å². The van der Waals surface area contributed by atoms with Gasteiger partial charge in [0.15, 0.2) is 0 Å². The van der Waals surface area contributed by atoms with Crippen molar-refractivity contribution in [3.8, 4) is 0 Å². The maximum atomic E-state index is 14.2. The maximum Gasteiger partial charge on any atom is 0.415 e. The molecule has 23 heavy (non-hydrogen) atoms. The molecule has 1 atom stereocenters. The third-order valence-electron chi connectivity index (χ3n) is 4.10. The first-order valence-electron chi connectivity index (χ1n) is 7.32. The van der Waals surface area contributed by atoms with E-state index in [1.807, 2.05) is 17.8 Å². The molecule has 0 N–H and O–H groups in total. The van der Waals surface area contributed by atoms with Crippen molar-refractivity contribution >= 4 is 17.6 Å². The highest BCUT2D eigenvalue weighted by molar-refractivity contribution is 6.30. The molecule has 0 radical (unpaired) electrons. The van der Waals surface area contributed by atoms with E-state index in [4.69, 9.17) is 11.6 Å². The molecule has 1 aromatic heterocycles. The van der Waals surface area contributed by atoms with Crippen molar-refractivity contribution in [1.82, 2.24) is 9.47 Å². The smallest absolute Gasteiger partial charge is 0.415 e. The molecule has 1 saturated heterocycles. The molecule has 7 heteroatoms. The van der Waals surface area contributed by atoms with E-state index >= 15 is 0 Å². The van der Waals surface area contributed by atoms with Gasteiger partial charge in [0.05, 0.1) is 12.1 Å². The standard InChI is InChI=1S/C16H18ClFN3O.HI/c1-19-8-9-21(11-19)16(22)20-7-3-4-12(10-20)13-5-2-6-14(17)15(13)18;/h2,5-6,8-9,11-12H,3-4,7,10H2,1H3;1H/q+1;/p-1. The minimum Gasteiger partial charge on any atom is -1.00 e. The summed E-state index contributed by atoms with van der Waals surface area (Å²) in [5, 5.41) is 0.137. The number of amides is 1. The van der Waals surface area contributed by atoms with Crippen LogP contribution in [0.5, 0.6) is 0 Å². The van der Waals surface area contributed by atoms with Gasteiger partial charge < -0.3 is 28.9 Å². The van der Waals surface area contributed by atoms with Crippen LogP contribution in [-0.4, -0.2) is 28.6 Å². The molecule has 124 valence electrons. The van der Waals surface area contributed by atoms with Crippen LogP contribution in [0.3, 0.4) is 0 Å². The summed E-state index contributed by atoms with van der Waals surface area (Å²) in [7, 11) is 1.87. The summed E-state index contributed by atoms with van der Waals surface area (Å²) >= 11 is 5.87. The van der Waals surface area contributed by atoms with Gasteiger partial charge in [0.2, 0.25) is 0 Å². The molecule has 4 nitrogen and oxygen atoms in total. The number of hydrogen-bond donors (Lipinski definition) is 0. The molecule has 2 heterocycles. The summed E-state index contributed by atoms with van der Waals surface area (Å²) in [6.45, 7) is 1.21. The highest BCUT2D eigenvalue weighted by atomic mass is 127. The Labute approximate surface area is 156 Å². The number of benzene rings is 1. The lowest BCUT2D eigenvalue weighted by Gasteiger charge is -2.31. The summed E-state index contributed by atoms with van der Waals surface area (Å²) in [6, 6.07) is 4.99. The van der Waals surface area contributed by atoms with Crippen molar-refractivity contribution in [3.63, 3.8) is 0 Å². The molecule has 0 saturated carbocycles. The second-order valence-electron chi connectivity index (χ2n) is 5.70. The van der Waals surface area contributed by atoms with Crippen LogP contribution in [0.1, 0.15) is 24.3 Å². The van der Waals surface area contributed by atoms with Crippen LogP contribution in [-0.2, 0) is 7.05 Å². The number of piperidine rings is 1. The zero-order valence-electron chi connectivity index (χ0n) is 12.8. The summed E-state index contributed by atoms with van der Waals surface area (Å²) in [5.41, 5.74) is 0.600. The van der Waals surface area contributed by atoms with E-state index in [1.165, 1.54) is 0 Å². The lowest BCUT2D eigenvalue weighted by Crippen LogP contribution is -3.00. The monoisotopic (exact) mass is 449 g/mol. The molecular formula is C16H18ClFIN3O. The van der Waals surface area contributed by atoms with Crippen molar-refractivity contribution in [1.29, 1.82) is 0 Å². The fourth-order valence-corrected chi connectivity index (χ4v) is 3.15. The normalized spacial score (nSPS) is 17.7. The Kier molecular flexibility index (Phi) is 6.02. The molecule has 0 spiro atoms. The number of aryl methyl sites for hydroxylation is 1. The van der Waals surface area contributed by atoms with Gasteiger partial charge in [0, 0.05) is 19.0 Å². The second-order valence-corrected chi connectivity index (χ2v) is 6.10. The lowest BCUT2D eigenvalue weighted by atomic mass is 9.90. The van der Waals surface area contributed by atoms with Crippen molar-refractivity contribution in [3.05, 3.63) is 53.3 Å². The quantitative estimate of drug-likeness (QED) is 0.444. The van der Waals surface area contributed by atoms with Crippen molar-refractivity contribution in [2.45, 2.75) is 18.8 Å². The summed E-state index contributed by atoms with van der Waals surface area (Å²) in [6.07, 6.45) is 6.99. The summed E-state index contributed by atoms with van der Waals surface area (Å²) in [4.78, 5) is 14.3. The molecule has 2 aromatic rings. The zero-order valence-corrected chi connectivity index (χ0v) is 15.7. The molecule has 1 aromatic carbocycles. The van der Waals surface area contributed by atoms with Crippen molar-refractivity contribution in [2.75, 3.05) is 13.1 Å². The van der Waals surface area contributed by atoms with Crippen molar-refractivity contribution in [2.24, 2.45) is 7.05 Å². The fourth-order valence-electron chi connectivity index (χ4n) is 2.97. The first-order chi connectivity index (χ1) is 10.6. The first-order valence-corrected chi connectivity index (χ1v) is 7.70. The second kappa shape index (κ2) is 7.61. The number of imidazole rings is 1. The van der Waals surface area contributed by atoms with Gasteiger partial charge in [-0.1, -0.05) is 23.7 Å². The Morgan fingerprint density at radius 2 is 2.22 bits per heavy atom. The van der Waals surface area contributed by atoms with E-state index in [9.17, 15) is 9.18 Å². The van der Waals surface area contributed by atoms with Crippen LogP contribution in [0.15, 0.2) is 36.9 Å². The summed E-state index contributed by atoms with van der Waals surface area (Å²) < 4.78 is 17.6. The Morgan fingerprint density at radius 1 is 1.43 bits per heavy atom. The molecule has 3 rings (SSSR count). The predicted molar refractivity (Wildman–Crippen MR) is 81.4 cm³/mol. The lowest BCUT2D eigenvalue weighted by molar-refractivity contribution is -0.670. The van der Waals surface area contributed by atoms with E-state index < -0.39 is 0 Å². The Morgan fingerprint density at radius 3 is 2.91 bits per heavy atom. The largest absolute Gasteiger partial charge is 1.00 e. The molecule has 1 unspecified atom stereocenters. The van der Waals surface area contributed by atoms with Crippen LogP contribution in [0.2, 0.25) is 5.02 Å². The molecule has 0 bridgehead atoms. The minimum absolute atomic E-state index is 0. The van der Waals surface area contributed by atoms with Crippen LogP contribution >= 0.6 is 11.6 Å². The molecule has 1 aliphatic heterocycles. The fraction of sp³-hybridized carbons (Fsp3) is 0.375. The van der Waals surface area contributed by atoms with Crippen LogP contribution in [0.4, 0.5) is 9.18 Å². The third-order valence-corrected chi connectivity index (χ3v) is 4.39. The Balaban J connectivity index is 0.00000192. The Bertz CT molecular complexity index is 706. The van der Waals surface area contributed by atoms with Gasteiger partial charge in [-0.25, -0.2) is 13.8 Å². The van der Waals surface area contributed by atoms with Gasteiger partial charge in [-0.15, -0.1) is 0 Å². The number of aromatic nitrogens is 2. The van der Waals surface area contributed by atoms with E-state index in [-0.39, 0.29) is 46.8 Å². The van der Waals surface area contributed by atoms with Gasteiger partial charge in [0.25, 0.3) is 6.33 Å². The number of nitrogens with zero attached hydrogens (tertiary/aromatic N) is 3. The number of likely N-dealkylation sites (tertiary alicyclic amines) is 1. The van der Waals surface area contributed by atoms with Crippen LogP contribution in [0.25, 0.3) is 0 Å².